The predicted octanol–water partition coefficient (Wildman–Crippen LogP) is 1.74. The van der Waals surface area contributed by atoms with Gasteiger partial charge in [-0.3, -0.25) is 0 Å². The molecule has 0 radical (unpaired) electrons. The minimum absolute atomic E-state index is 0.106. The topological polar surface area (TPSA) is 55.2 Å². The lowest BCUT2D eigenvalue weighted by molar-refractivity contribution is 0.196. The van der Waals surface area contributed by atoms with Gasteiger partial charge in [0.2, 0.25) is 5.88 Å². The van der Waals surface area contributed by atoms with Gasteiger partial charge in [-0.1, -0.05) is 6.92 Å². The van der Waals surface area contributed by atoms with E-state index < -0.39 is 0 Å². The van der Waals surface area contributed by atoms with Gasteiger partial charge in [-0.25, -0.2) is 9.97 Å². The van der Waals surface area contributed by atoms with Crippen LogP contribution in [-0.2, 0) is 0 Å². The van der Waals surface area contributed by atoms with Crippen LogP contribution in [0.25, 0.3) is 0 Å². The van der Waals surface area contributed by atoms with Gasteiger partial charge in [-0.15, -0.1) is 11.8 Å². The van der Waals surface area contributed by atoms with E-state index in [1.807, 2.05) is 13.8 Å². The van der Waals surface area contributed by atoms with E-state index in [4.69, 9.17) is 4.74 Å². The number of aromatic nitrogens is 2. The number of nitrogens with zero attached hydrogens (tertiary/aromatic N) is 2. The maximum Gasteiger partial charge on any atom is 0.217 e. The first-order valence-corrected chi connectivity index (χ1v) is 5.81. The van der Waals surface area contributed by atoms with Crippen molar-refractivity contribution < 1.29 is 9.84 Å². The summed E-state index contributed by atoms with van der Waals surface area (Å²) in [6.07, 6.45) is 1.11. The molecule has 0 bridgehead atoms. The third-order valence-corrected chi connectivity index (χ3v) is 3.13. The second kappa shape index (κ2) is 5.92. The van der Waals surface area contributed by atoms with E-state index in [9.17, 15) is 5.11 Å². The van der Waals surface area contributed by atoms with Crippen LogP contribution in [0, 0.1) is 0 Å². The van der Waals surface area contributed by atoms with E-state index >= 15 is 0 Å². The third kappa shape index (κ3) is 4.05. The summed E-state index contributed by atoms with van der Waals surface area (Å²) >= 11 is 1.51. The smallest absolute Gasteiger partial charge is 0.217 e. The summed E-state index contributed by atoms with van der Waals surface area (Å²) in [4.78, 5) is 8.08. The number of hydrogen-bond donors (Lipinski definition) is 1. The number of aliphatic hydroxyl groups excluding tert-OH is 1. The van der Waals surface area contributed by atoms with Crippen molar-refractivity contribution in [1.82, 2.24) is 9.97 Å². The summed E-state index contributed by atoms with van der Waals surface area (Å²) in [6.45, 7) is 6.22. The SMILES string of the molecule is CCOc1cc(SC(C)C(C)O)ncn1. The summed E-state index contributed by atoms with van der Waals surface area (Å²) in [6, 6.07) is 1.78. The van der Waals surface area contributed by atoms with Crippen molar-refractivity contribution in [3.8, 4) is 5.88 Å². The average Bonchev–Trinajstić information content (AvgIpc) is 2.18. The molecule has 2 unspecified atom stereocenters. The van der Waals surface area contributed by atoms with E-state index in [1.165, 1.54) is 18.1 Å². The molecule has 2 atom stereocenters. The molecule has 0 aromatic carbocycles. The molecule has 0 fully saturated rings. The Hall–Kier alpha value is -0.810. The molecule has 0 aliphatic rings. The average molecular weight is 228 g/mol. The van der Waals surface area contributed by atoms with E-state index in [0.29, 0.717) is 12.5 Å². The largest absolute Gasteiger partial charge is 0.478 e. The van der Waals surface area contributed by atoms with Gasteiger partial charge >= 0.3 is 0 Å². The Morgan fingerprint density at radius 2 is 2.20 bits per heavy atom. The van der Waals surface area contributed by atoms with E-state index in [1.54, 1.807) is 13.0 Å². The standard InChI is InChI=1S/C10H16N2O2S/c1-4-14-9-5-10(12-6-11-9)15-8(3)7(2)13/h5-8,13H,4H2,1-3H3. The molecule has 1 rings (SSSR count). The Morgan fingerprint density at radius 1 is 1.47 bits per heavy atom. The Bertz CT molecular complexity index is 307. The number of thioether (sulfide) groups is 1. The number of hydrogen-bond acceptors (Lipinski definition) is 5. The first-order chi connectivity index (χ1) is 7.13. The van der Waals surface area contributed by atoms with E-state index in [-0.39, 0.29) is 11.4 Å². The molecule has 1 heterocycles. The van der Waals surface area contributed by atoms with Crippen LogP contribution in [0.15, 0.2) is 17.4 Å². The third-order valence-electron chi connectivity index (χ3n) is 1.90. The van der Waals surface area contributed by atoms with Crippen molar-refractivity contribution in [3.05, 3.63) is 12.4 Å². The van der Waals surface area contributed by atoms with Crippen molar-refractivity contribution in [2.45, 2.75) is 37.2 Å². The first-order valence-electron chi connectivity index (χ1n) is 4.93. The van der Waals surface area contributed by atoms with Crippen molar-refractivity contribution in [2.24, 2.45) is 0 Å². The molecule has 1 aromatic rings. The van der Waals surface area contributed by atoms with Gasteiger partial charge in [0, 0.05) is 11.3 Å². The van der Waals surface area contributed by atoms with Crippen LogP contribution in [0.1, 0.15) is 20.8 Å². The molecule has 0 saturated heterocycles. The lowest BCUT2D eigenvalue weighted by Gasteiger charge is -2.13. The fourth-order valence-corrected chi connectivity index (χ4v) is 1.76. The van der Waals surface area contributed by atoms with Gasteiger partial charge in [0.1, 0.15) is 11.4 Å². The zero-order chi connectivity index (χ0) is 11.3. The highest BCUT2D eigenvalue weighted by molar-refractivity contribution is 7.99. The van der Waals surface area contributed by atoms with Crippen molar-refractivity contribution in [2.75, 3.05) is 6.61 Å². The van der Waals surface area contributed by atoms with Crippen LogP contribution in [0.5, 0.6) is 5.88 Å². The molecule has 5 heteroatoms. The van der Waals surface area contributed by atoms with Crippen molar-refractivity contribution in [1.29, 1.82) is 0 Å². The van der Waals surface area contributed by atoms with Crippen LogP contribution in [0.3, 0.4) is 0 Å². The molecule has 0 aliphatic heterocycles. The summed E-state index contributed by atoms with van der Waals surface area (Å²) in [5.41, 5.74) is 0. The molecule has 0 saturated carbocycles. The fourth-order valence-electron chi connectivity index (χ4n) is 0.903. The van der Waals surface area contributed by atoms with Gasteiger partial charge < -0.3 is 9.84 Å². The van der Waals surface area contributed by atoms with Crippen molar-refractivity contribution >= 4 is 11.8 Å². The highest BCUT2D eigenvalue weighted by atomic mass is 32.2. The molecular weight excluding hydrogens is 212 g/mol. The lowest BCUT2D eigenvalue weighted by Crippen LogP contribution is -2.15. The Kier molecular flexibility index (Phi) is 4.84. The van der Waals surface area contributed by atoms with Crippen LogP contribution < -0.4 is 4.74 Å². The normalized spacial score (nSPS) is 14.7. The van der Waals surface area contributed by atoms with E-state index in [2.05, 4.69) is 9.97 Å². The van der Waals surface area contributed by atoms with Gasteiger partial charge in [0.05, 0.1) is 12.7 Å². The second-order valence-corrected chi connectivity index (χ2v) is 4.59. The van der Waals surface area contributed by atoms with Gasteiger partial charge in [-0.2, -0.15) is 0 Å². The number of aliphatic hydroxyl groups is 1. The predicted molar refractivity (Wildman–Crippen MR) is 60.2 cm³/mol. The number of rotatable bonds is 5. The van der Waals surface area contributed by atoms with Gasteiger partial charge in [0.15, 0.2) is 0 Å². The number of ether oxygens (including phenoxy) is 1. The Labute approximate surface area is 94.1 Å². The lowest BCUT2D eigenvalue weighted by atomic mass is 10.3. The van der Waals surface area contributed by atoms with Gasteiger partial charge in [-0.05, 0) is 13.8 Å². The molecule has 4 nitrogen and oxygen atoms in total. The van der Waals surface area contributed by atoms with Crippen LogP contribution in [0.4, 0.5) is 0 Å². The molecule has 0 spiro atoms. The highest BCUT2D eigenvalue weighted by Crippen LogP contribution is 2.24. The molecule has 15 heavy (non-hydrogen) atoms. The minimum Gasteiger partial charge on any atom is -0.478 e. The maximum atomic E-state index is 9.36. The highest BCUT2D eigenvalue weighted by Gasteiger charge is 2.11. The maximum absolute atomic E-state index is 9.36. The summed E-state index contributed by atoms with van der Waals surface area (Å²) in [7, 11) is 0. The monoisotopic (exact) mass is 228 g/mol. The Morgan fingerprint density at radius 3 is 2.80 bits per heavy atom. The molecule has 0 aliphatic carbocycles. The molecular formula is C10H16N2O2S. The zero-order valence-corrected chi connectivity index (χ0v) is 9.99. The molecule has 0 amide bonds. The van der Waals surface area contributed by atoms with Gasteiger partial charge in [0.25, 0.3) is 0 Å². The van der Waals surface area contributed by atoms with E-state index in [0.717, 1.165) is 5.03 Å². The van der Waals surface area contributed by atoms with Crippen LogP contribution in [0.2, 0.25) is 0 Å². The summed E-state index contributed by atoms with van der Waals surface area (Å²) < 4.78 is 5.26. The van der Waals surface area contributed by atoms with Crippen LogP contribution in [-0.4, -0.2) is 33.0 Å². The minimum atomic E-state index is -0.361. The fraction of sp³-hybridized carbons (Fsp3) is 0.600. The van der Waals surface area contributed by atoms with Crippen molar-refractivity contribution in [3.63, 3.8) is 0 Å². The Balaban J connectivity index is 2.64. The summed E-state index contributed by atoms with van der Waals surface area (Å²) in [5, 5.41) is 10.3. The zero-order valence-electron chi connectivity index (χ0n) is 9.17. The second-order valence-electron chi connectivity index (χ2n) is 3.19. The first kappa shape index (κ1) is 12.3. The van der Waals surface area contributed by atoms with Crippen LogP contribution >= 0.6 is 11.8 Å². The molecule has 1 N–H and O–H groups in total. The summed E-state index contributed by atoms with van der Waals surface area (Å²) in [5.74, 6) is 0.577. The molecule has 84 valence electrons. The molecule has 1 aromatic heterocycles. The quantitative estimate of drug-likeness (QED) is 0.614.